The van der Waals surface area contributed by atoms with E-state index in [1.165, 1.54) is 4.90 Å². The van der Waals surface area contributed by atoms with E-state index >= 15 is 0 Å². The number of anilines is 1. The lowest BCUT2D eigenvalue weighted by atomic mass is 10.1. The average molecular weight is 351 g/mol. The summed E-state index contributed by atoms with van der Waals surface area (Å²) in [6, 6.07) is 5.58. The van der Waals surface area contributed by atoms with Crippen molar-refractivity contribution in [2.24, 2.45) is 0 Å². The Morgan fingerprint density at radius 1 is 1.24 bits per heavy atom. The summed E-state index contributed by atoms with van der Waals surface area (Å²) < 4.78 is 1.01. The molecule has 1 aliphatic heterocycles. The van der Waals surface area contributed by atoms with Crippen molar-refractivity contribution >= 4 is 33.4 Å². The third-order valence-corrected chi connectivity index (χ3v) is 4.88. The van der Waals surface area contributed by atoms with Crippen LogP contribution in [0.25, 0.3) is 0 Å². The van der Waals surface area contributed by atoms with E-state index in [1.807, 2.05) is 25.1 Å². The van der Waals surface area contributed by atoms with Crippen molar-refractivity contribution in [2.45, 2.75) is 51.1 Å². The summed E-state index contributed by atoms with van der Waals surface area (Å²) in [5, 5.41) is 3.24. The van der Waals surface area contributed by atoms with Crippen molar-refractivity contribution in [3.05, 3.63) is 28.2 Å². The van der Waals surface area contributed by atoms with Crippen LogP contribution in [0.2, 0.25) is 0 Å². The van der Waals surface area contributed by atoms with Crippen LogP contribution in [0.15, 0.2) is 22.7 Å². The summed E-state index contributed by atoms with van der Waals surface area (Å²) in [5.41, 5.74) is 1.97. The van der Waals surface area contributed by atoms with Crippen molar-refractivity contribution in [1.82, 2.24) is 4.90 Å². The molecule has 5 heteroatoms. The molecule has 112 valence electrons. The van der Waals surface area contributed by atoms with Gasteiger partial charge in [0.1, 0.15) is 6.04 Å². The number of halogens is 1. The second kappa shape index (κ2) is 5.79. The van der Waals surface area contributed by atoms with Gasteiger partial charge < -0.3 is 5.32 Å². The van der Waals surface area contributed by atoms with Gasteiger partial charge in [-0.2, -0.15) is 0 Å². The first kappa shape index (κ1) is 14.6. The third kappa shape index (κ3) is 2.84. The van der Waals surface area contributed by atoms with Gasteiger partial charge in [-0.05, 0) is 43.5 Å². The Balaban J connectivity index is 1.75. The number of imide groups is 1. The minimum Gasteiger partial charge on any atom is -0.373 e. The van der Waals surface area contributed by atoms with Gasteiger partial charge in [0.2, 0.25) is 5.91 Å². The average Bonchev–Trinajstić information content (AvgIpc) is 3.02. The van der Waals surface area contributed by atoms with E-state index in [1.54, 1.807) is 0 Å². The fraction of sp³-hybridized carbons (Fsp3) is 0.500. The Morgan fingerprint density at radius 2 is 1.95 bits per heavy atom. The Hall–Kier alpha value is -1.36. The topological polar surface area (TPSA) is 49.4 Å². The molecule has 1 atom stereocenters. The summed E-state index contributed by atoms with van der Waals surface area (Å²) in [6.45, 7) is 1.99. The highest BCUT2D eigenvalue weighted by Crippen LogP contribution is 2.30. The van der Waals surface area contributed by atoms with Crippen molar-refractivity contribution in [3.8, 4) is 0 Å². The molecule has 1 heterocycles. The molecule has 1 aromatic rings. The SMILES string of the molecule is Cc1cc(Br)ccc1NC1CC(=O)N(C2CCCC2)C1=O. The minimum absolute atomic E-state index is 0.0286. The van der Waals surface area contributed by atoms with Gasteiger partial charge in [0, 0.05) is 16.2 Å². The molecule has 1 N–H and O–H groups in total. The number of nitrogens with one attached hydrogen (secondary N) is 1. The predicted molar refractivity (Wildman–Crippen MR) is 85.0 cm³/mol. The Kier molecular flexibility index (Phi) is 4.02. The van der Waals surface area contributed by atoms with Crippen molar-refractivity contribution in [3.63, 3.8) is 0 Å². The number of amides is 2. The highest BCUT2D eigenvalue weighted by atomic mass is 79.9. The molecule has 1 unspecified atom stereocenters. The van der Waals surface area contributed by atoms with Crippen LogP contribution in [0, 0.1) is 6.92 Å². The number of hydrogen-bond donors (Lipinski definition) is 1. The van der Waals surface area contributed by atoms with Gasteiger partial charge in [-0.25, -0.2) is 0 Å². The van der Waals surface area contributed by atoms with Crippen LogP contribution >= 0.6 is 15.9 Å². The van der Waals surface area contributed by atoms with Crippen molar-refractivity contribution in [1.29, 1.82) is 0 Å². The fourth-order valence-electron chi connectivity index (χ4n) is 3.29. The predicted octanol–water partition coefficient (Wildman–Crippen LogP) is 3.24. The summed E-state index contributed by atoms with van der Waals surface area (Å²) >= 11 is 3.43. The first-order valence-corrected chi connectivity index (χ1v) is 8.24. The van der Waals surface area contributed by atoms with E-state index in [4.69, 9.17) is 0 Å². The molecule has 3 rings (SSSR count). The molecule has 2 fully saturated rings. The Labute approximate surface area is 133 Å². The molecule has 4 nitrogen and oxygen atoms in total. The summed E-state index contributed by atoms with van der Waals surface area (Å²) in [7, 11) is 0. The zero-order chi connectivity index (χ0) is 15.0. The Bertz CT molecular complexity index is 582. The lowest BCUT2D eigenvalue weighted by Gasteiger charge is -2.22. The maximum atomic E-state index is 12.5. The lowest BCUT2D eigenvalue weighted by molar-refractivity contribution is -0.141. The van der Waals surface area contributed by atoms with E-state index in [0.717, 1.165) is 41.4 Å². The Morgan fingerprint density at radius 3 is 2.62 bits per heavy atom. The molecule has 21 heavy (non-hydrogen) atoms. The molecular formula is C16H19BrN2O2. The zero-order valence-electron chi connectivity index (χ0n) is 12.1. The number of benzene rings is 1. The van der Waals surface area contributed by atoms with Crippen LogP contribution in [-0.4, -0.2) is 28.8 Å². The molecule has 1 aromatic carbocycles. The number of aryl methyl sites for hydroxylation is 1. The monoisotopic (exact) mass is 350 g/mol. The standard InChI is InChI=1S/C16H19BrN2O2/c1-10-8-11(17)6-7-13(10)18-14-9-15(20)19(16(14)21)12-4-2-3-5-12/h6-8,12,14,18H,2-5,9H2,1H3. The summed E-state index contributed by atoms with van der Waals surface area (Å²) in [6.07, 6.45) is 4.42. The highest BCUT2D eigenvalue weighted by molar-refractivity contribution is 9.10. The zero-order valence-corrected chi connectivity index (χ0v) is 13.6. The molecule has 0 radical (unpaired) electrons. The molecule has 0 aromatic heterocycles. The van der Waals surface area contributed by atoms with Gasteiger partial charge >= 0.3 is 0 Å². The second-order valence-corrected chi connectivity index (χ2v) is 6.82. The number of rotatable bonds is 3. The van der Waals surface area contributed by atoms with Crippen molar-refractivity contribution in [2.75, 3.05) is 5.32 Å². The third-order valence-electron chi connectivity index (χ3n) is 4.39. The molecule has 2 amide bonds. The van der Waals surface area contributed by atoms with Crippen molar-refractivity contribution < 1.29 is 9.59 Å². The normalized spacial score (nSPS) is 23.1. The largest absolute Gasteiger partial charge is 0.373 e. The second-order valence-electron chi connectivity index (χ2n) is 5.90. The molecule has 1 saturated heterocycles. The molecular weight excluding hydrogens is 332 g/mol. The van der Waals surface area contributed by atoms with Crippen LogP contribution in [0.5, 0.6) is 0 Å². The lowest BCUT2D eigenvalue weighted by Crippen LogP contribution is -2.41. The van der Waals surface area contributed by atoms with Crippen LogP contribution < -0.4 is 5.32 Å². The number of likely N-dealkylation sites (tertiary alicyclic amines) is 1. The van der Waals surface area contributed by atoms with E-state index < -0.39 is 6.04 Å². The van der Waals surface area contributed by atoms with Crippen LogP contribution in [0.1, 0.15) is 37.7 Å². The number of carbonyl (C=O) groups is 2. The molecule has 2 aliphatic rings. The van der Waals surface area contributed by atoms with Gasteiger partial charge in [0.25, 0.3) is 5.91 Å². The van der Waals surface area contributed by atoms with Crippen LogP contribution in [0.3, 0.4) is 0 Å². The van der Waals surface area contributed by atoms with Gasteiger partial charge in [-0.1, -0.05) is 28.8 Å². The van der Waals surface area contributed by atoms with Gasteiger partial charge in [0.15, 0.2) is 0 Å². The molecule has 0 bridgehead atoms. The van der Waals surface area contributed by atoms with Gasteiger partial charge in [-0.3, -0.25) is 14.5 Å². The number of nitrogens with zero attached hydrogens (tertiary/aromatic N) is 1. The smallest absolute Gasteiger partial charge is 0.252 e. The maximum absolute atomic E-state index is 12.5. The van der Waals surface area contributed by atoms with Gasteiger partial charge in [-0.15, -0.1) is 0 Å². The quantitative estimate of drug-likeness (QED) is 0.851. The molecule has 1 saturated carbocycles. The summed E-state index contributed by atoms with van der Waals surface area (Å²) in [4.78, 5) is 26.2. The van der Waals surface area contributed by atoms with Crippen LogP contribution in [-0.2, 0) is 9.59 Å². The first-order valence-electron chi connectivity index (χ1n) is 7.45. The molecule has 0 spiro atoms. The van der Waals surface area contributed by atoms with E-state index in [2.05, 4.69) is 21.2 Å². The van der Waals surface area contributed by atoms with E-state index in [0.29, 0.717) is 0 Å². The fourth-order valence-corrected chi connectivity index (χ4v) is 3.76. The van der Waals surface area contributed by atoms with Gasteiger partial charge in [0.05, 0.1) is 6.42 Å². The summed E-state index contributed by atoms with van der Waals surface area (Å²) in [5.74, 6) is -0.0895. The number of carbonyl (C=O) groups excluding carboxylic acids is 2. The van der Waals surface area contributed by atoms with E-state index in [9.17, 15) is 9.59 Å². The molecule has 1 aliphatic carbocycles. The first-order chi connectivity index (χ1) is 10.1. The van der Waals surface area contributed by atoms with E-state index in [-0.39, 0.29) is 24.3 Å². The number of hydrogen-bond acceptors (Lipinski definition) is 3. The van der Waals surface area contributed by atoms with Crippen LogP contribution in [0.4, 0.5) is 5.69 Å². The highest BCUT2D eigenvalue weighted by Gasteiger charge is 2.43. The maximum Gasteiger partial charge on any atom is 0.252 e. The minimum atomic E-state index is -0.419.